The number of aliphatic hydroxyl groups is 1. The van der Waals surface area contributed by atoms with Crippen LogP contribution in [-0.4, -0.2) is 67.9 Å². The molecule has 0 amide bonds. The number of nitrogens with zero attached hydrogens (tertiary/aromatic N) is 2. The number of rotatable bonds is 5. The lowest BCUT2D eigenvalue weighted by atomic mass is 10.1. The van der Waals surface area contributed by atoms with Crippen LogP contribution in [0, 0.1) is 11.6 Å². The third-order valence-electron chi connectivity index (χ3n) is 3.54. The molecule has 118 valence electrons. The first-order chi connectivity index (χ1) is 9.95. The highest BCUT2D eigenvalue weighted by molar-refractivity contribution is 5.21. The Balaban J connectivity index is 1.94. The fourth-order valence-electron chi connectivity index (χ4n) is 2.58. The lowest BCUT2D eigenvalue weighted by molar-refractivity contribution is -0.0491. The van der Waals surface area contributed by atoms with Crippen molar-refractivity contribution < 1.29 is 18.6 Å². The van der Waals surface area contributed by atoms with Gasteiger partial charge < -0.3 is 14.7 Å². The van der Waals surface area contributed by atoms with Crippen molar-refractivity contribution in [2.45, 2.75) is 12.2 Å². The molecule has 6 heteroatoms. The molecular weight excluding hydrogens is 278 g/mol. The Morgan fingerprint density at radius 1 is 1.43 bits per heavy atom. The summed E-state index contributed by atoms with van der Waals surface area (Å²) in [5.74, 6) is -1.35. The molecule has 1 fully saturated rings. The van der Waals surface area contributed by atoms with Gasteiger partial charge in [0.25, 0.3) is 0 Å². The lowest BCUT2D eigenvalue weighted by Gasteiger charge is -2.35. The molecule has 0 aliphatic carbocycles. The minimum absolute atomic E-state index is 0.0824. The van der Waals surface area contributed by atoms with Crippen molar-refractivity contribution in [1.29, 1.82) is 0 Å². The molecule has 0 aromatic heterocycles. The maximum atomic E-state index is 13.7. The van der Waals surface area contributed by atoms with Gasteiger partial charge in [-0.25, -0.2) is 8.78 Å². The quantitative estimate of drug-likeness (QED) is 0.888. The Labute approximate surface area is 123 Å². The second-order valence-electron chi connectivity index (χ2n) is 5.70. The second-order valence-corrected chi connectivity index (χ2v) is 5.70. The van der Waals surface area contributed by atoms with Gasteiger partial charge in [0.15, 0.2) is 0 Å². The zero-order valence-electron chi connectivity index (χ0n) is 12.4. The smallest absolute Gasteiger partial charge is 0.131 e. The second kappa shape index (κ2) is 7.26. The summed E-state index contributed by atoms with van der Waals surface area (Å²) < 4.78 is 32.2. The van der Waals surface area contributed by atoms with E-state index in [1.54, 1.807) is 0 Å². The van der Waals surface area contributed by atoms with Crippen molar-refractivity contribution in [3.8, 4) is 0 Å². The van der Waals surface area contributed by atoms with E-state index in [-0.39, 0.29) is 11.7 Å². The van der Waals surface area contributed by atoms with Crippen molar-refractivity contribution in [2.75, 3.05) is 46.9 Å². The summed E-state index contributed by atoms with van der Waals surface area (Å²) in [6.45, 7) is 3.10. The van der Waals surface area contributed by atoms with E-state index in [4.69, 9.17) is 4.74 Å². The van der Waals surface area contributed by atoms with Crippen molar-refractivity contribution in [3.63, 3.8) is 0 Å². The van der Waals surface area contributed by atoms with Gasteiger partial charge in [-0.2, -0.15) is 0 Å². The van der Waals surface area contributed by atoms with E-state index < -0.39 is 17.7 Å². The first-order valence-electron chi connectivity index (χ1n) is 7.07. The van der Waals surface area contributed by atoms with Crippen LogP contribution in [0.25, 0.3) is 0 Å². The van der Waals surface area contributed by atoms with Gasteiger partial charge in [-0.05, 0) is 20.2 Å². The number of benzene rings is 1. The standard InChI is InChI=1S/C15H22F2N2O2/c1-18(2)8-12-9-19(5-6-21-12)10-15(20)13-4-3-11(16)7-14(13)17/h3-4,7,12,15,20H,5-6,8-10H2,1-2H3/t12-,15-/m1/s1. The Morgan fingerprint density at radius 2 is 2.19 bits per heavy atom. The molecule has 1 heterocycles. The fourth-order valence-corrected chi connectivity index (χ4v) is 2.58. The Morgan fingerprint density at radius 3 is 2.86 bits per heavy atom. The van der Waals surface area contributed by atoms with Gasteiger partial charge >= 0.3 is 0 Å². The zero-order valence-corrected chi connectivity index (χ0v) is 12.4. The van der Waals surface area contributed by atoms with Crippen molar-refractivity contribution in [2.24, 2.45) is 0 Å². The van der Waals surface area contributed by atoms with Crippen LogP contribution in [0.15, 0.2) is 18.2 Å². The Hall–Kier alpha value is -1.08. The lowest BCUT2D eigenvalue weighted by Crippen LogP contribution is -2.47. The van der Waals surface area contributed by atoms with Crippen LogP contribution in [0.3, 0.4) is 0 Å². The number of hydrogen-bond acceptors (Lipinski definition) is 4. The van der Waals surface area contributed by atoms with Crippen LogP contribution in [0.2, 0.25) is 0 Å². The summed E-state index contributed by atoms with van der Waals surface area (Å²) in [6, 6.07) is 3.26. The number of halogens is 2. The van der Waals surface area contributed by atoms with E-state index in [1.165, 1.54) is 6.07 Å². The van der Waals surface area contributed by atoms with Crippen LogP contribution >= 0.6 is 0 Å². The highest BCUT2D eigenvalue weighted by Crippen LogP contribution is 2.20. The molecule has 4 nitrogen and oxygen atoms in total. The molecular formula is C15H22F2N2O2. The van der Waals surface area contributed by atoms with Crippen molar-refractivity contribution >= 4 is 0 Å². The van der Waals surface area contributed by atoms with Gasteiger partial charge in [-0.15, -0.1) is 0 Å². The van der Waals surface area contributed by atoms with Crippen LogP contribution in [0.1, 0.15) is 11.7 Å². The molecule has 0 spiro atoms. The first-order valence-corrected chi connectivity index (χ1v) is 7.07. The summed E-state index contributed by atoms with van der Waals surface area (Å²) in [7, 11) is 3.95. The predicted octanol–water partition coefficient (Wildman–Crippen LogP) is 1.26. The maximum Gasteiger partial charge on any atom is 0.131 e. The molecule has 2 atom stereocenters. The van der Waals surface area contributed by atoms with Gasteiger partial charge in [0.05, 0.1) is 18.8 Å². The SMILES string of the molecule is CN(C)C[C@@H]1CN(C[C@@H](O)c2ccc(F)cc2F)CCO1. The van der Waals surface area contributed by atoms with Gasteiger partial charge in [-0.3, -0.25) is 4.90 Å². The fraction of sp³-hybridized carbons (Fsp3) is 0.600. The van der Waals surface area contributed by atoms with E-state index in [9.17, 15) is 13.9 Å². The van der Waals surface area contributed by atoms with E-state index in [0.717, 1.165) is 18.7 Å². The number of hydrogen-bond donors (Lipinski definition) is 1. The maximum absolute atomic E-state index is 13.7. The molecule has 1 N–H and O–H groups in total. The average Bonchev–Trinajstić information content (AvgIpc) is 2.37. The molecule has 0 unspecified atom stereocenters. The van der Waals surface area contributed by atoms with Crippen molar-refractivity contribution in [1.82, 2.24) is 9.80 Å². The average molecular weight is 300 g/mol. The van der Waals surface area contributed by atoms with E-state index in [1.807, 2.05) is 23.9 Å². The van der Waals surface area contributed by atoms with E-state index in [2.05, 4.69) is 0 Å². The van der Waals surface area contributed by atoms with Gasteiger partial charge in [0.2, 0.25) is 0 Å². The van der Waals surface area contributed by atoms with Gasteiger partial charge in [0, 0.05) is 37.8 Å². The summed E-state index contributed by atoms with van der Waals surface area (Å²) in [6.07, 6.45) is -0.886. The number of morpholine rings is 1. The Kier molecular flexibility index (Phi) is 5.64. The van der Waals surface area contributed by atoms with Crippen molar-refractivity contribution in [3.05, 3.63) is 35.4 Å². The number of ether oxygens (including phenoxy) is 1. The molecule has 1 aliphatic heterocycles. The van der Waals surface area contributed by atoms with Gasteiger partial charge in [0.1, 0.15) is 11.6 Å². The van der Waals surface area contributed by atoms with E-state index in [0.29, 0.717) is 26.2 Å². The van der Waals surface area contributed by atoms with Crippen LogP contribution < -0.4 is 0 Å². The monoisotopic (exact) mass is 300 g/mol. The zero-order chi connectivity index (χ0) is 15.4. The van der Waals surface area contributed by atoms with Crippen LogP contribution in [0.4, 0.5) is 8.78 Å². The largest absolute Gasteiger partial charge is 0.387 e. The normalized spacial score (nSPS) is 21.7. The molecule has 1 aromatic rings. The third kappa shape index (κ3) is 4.71. The highest BCUT2D eigenvalue weighted by atomic mass is 19.1. The molecule has 21 heavy (non-hydrogen) atoms. The van der Waals surface area contributed by atoms with Crippen LogP contribution in [0.5, 0.6) is 0 Å². The third-order valence-corrected chi connectivity index (χ3v) is 3.54. The summed E-state index contributed by atoms with van der Waals surface area (Å²) in [5.41, 5.74) is 0.132. The molecule has 0 radical (unpaired) electrons. The molecule has 0 bridgehead atoms. The molecule has 1 aliphatic rings. The van der Waals surface area contributed by atoms with Gasteiger partial charge in [-0.1, -0.05) is 6.07 Å². The first kappa shape index (κ1) is 16.3. The topological polar surface area (TPSA) is 35.9 Å². The predicted molar refractivity (Wildman–Crippen MR) is 76.1 cm³/mol. The molecule has 1 saturated heterocycles. The minimum Gasteiger partial charge on any atom is -0.387 e. The van der Waals surface area contributed by atoms with Crippen LogP contribution in [-0.2, 0) is 4.74 Å². The molecule has 0 saturated carbocycles. The number of aliphatic hydroxyl groups excluding tert-OH is 1. The van der Waals surface area contributed by atoms with E-state index >= 15 is 0 Å². The summed E-state index contributed by atoms with van der Waals surface area (Å²) in [4.78, 5) is 4.09. The minimum atomic E-state index is -0.969. The highest BCUT2D eigenvalue weighted by Gasteiger charge is 2.24. The Bertz CT molecular complexity index is 471. The summed E-state index contributed by atoms with van der Waals surface area (Å²) in [5, 5.41) is 10.2. The molecule has 2 rings (SSSR count). The number of likely N-dealkylation sites (N-methyl/N-ethyl adjacent to an activating group) is 1. The molecule has 1 aromatic carbocycles. The number of β-amino-alcohol motifs (C(OH)–C–C–N with tert-alkyl or cyclic N) is 1. The summed E-state index contributed by atoms with van der Waals surface area (Å²) >= 11 is 0.